The Kier molecular flexibility index (Phi) is 4.68. The van der Waals surface area contributed by atoms with Crippen LogP contribution in [0.2, 0.25) is 0 Å². The fourth-order valence-corrected chi connectivity index (χ4v) is 2.01. The van der Waals surface area contributed by atoms with E-state index in [0.717, 1.165) is 5.52 Å². The van der Waals surface area contributed by atoms with Gasteiger partial charge in [-0.2, -0.15) is 0 Å². The third kappa shape index (κ3) is 3.14. The SMILES string of the molecule is COc1cccc2[nH]cc(C(=O)CCOCC(F)F)c12. The maximum atomic E-state index is 12.1. The van der Waals surface area contributed by atoms with Crippen molar-refractivity contribution in [3.8, 4) is 5.75 Å². The summed E-state index contributed by atoms with van der Waals surface area (Å²) < 4.78 is 33.8. The first-order valence-corrected chi connectivity index (χ1v) is 6.16. The summed E-state index contributed by atoms with van der Waals surface area (Å²) in [5.74, 6) is 0.426. The van der Waals surface area contributed by atoms with Gasteiger partial charge in [0.1, 0.15) is 12.4 Å². The van der Waals surface area contributed by atoms with E-state index in [4.69, 9.17) is 9.47 Å². The Morgan fingerprint density at radius 2 is 2.20 bits per heavy atom. The predicted molar refractivity (Wildman–Crippen MR) is 70.6 cm³/mol. The number of Topliss-reactive ketones (excluding diaryl/α,β-unsaturated/α-hetero) is 1. The zero-order chi connectivity index (χ0) is 14.5. The van der Waals surface area contributed by atoms with Crippen molar-refractivity contribution >= 4 is 16.7 Å². The van der Waals surface area contributed by atoms with Crippen molar-refractivity contribution in [1.82, 2.24) is 4.98 Å². The molecule has 1 aromatic heterocycles. The van der Waals surface area contributed by atoms with E-state index in [1.54, 1.807) is 12.3 Å². The monoisotopic (exact) mass is 283 g/mol. The number of hydrogen-bond donors (Lipinski definition) is 1. The first kappa shape index (κ1) is 14.5. The molecule has 0 amide bonds. The second-order valence-corrected chi connectivity index (χ2v) is 4.22. The van der Waals surface area contributed by atoms with Crippen molar-refractivity contribution in [1.29, 1.82) is 0 Å². The van der Waals surface area contributed by atoms with Crippen LogP contribution in [0, 0.1) is 0 Å². The predicted octanol–water partition coefficient (Wildman–Crippen LogP) is 3.03. The molecule has 0 aliphatic carbocycles. The number of alkyl halides is 2. The molecule has 6 heteroatoms. The third-order valence-electron chi connectivity index (χ3n) is 2.91. The highest BCUT2D eigenvalue weighted by Crippen LogP contribution is 2.29. The van der Waals surface area contributed by atoms with Crippen molar-refractivity contribution in [2.45, 2.75) is 12.8 Å². The molecule has 0 saturated carbocycles. The average molecular weight is 283 g/mol. The molecule has 0 saturated heterocycles. The van der Waals surface area contributed by atoms with E-state index in [-0.39, 0.29) is 18.8 Å². The average Bonchev–Trinajstić information content (AvgIpc) is 2.87. The minimum Gasteiger partial charge on any atom is -0.496 e. The highest BCUT2D eigenvalue weighted by Gasteiger charge is 2.15. The zero-order valence-corrected chi connectivity index (χ0v) is 11.0. The summed E-state index contributed by atoms with van der Waals surface area (Å²) in [6.45, 7) is -0.671. The highest BCUT2D eigenvalue weighted by atomic mass is 19.3. The van der Waals surface area contributed by atoms with Gasteiger partial charge in [0.2, 0.25) is 0 Å². The Hall–Kier alpha value is -1.95. The van der Waals surface area contributed by atoms with Gasteiger partial charge in [0.15, 0.2) is 5.78 Å². The van der Waals surface area contributed by atoms with Crippen LogP contribution in [0.15, 0.2) is 24.4 Å². The molecule has 20 heavy (non-hydrogen) atoms. The minimum atomic E-state index is -2.52. The summed E-state index contributed by atoms with van der Waals surface area (Å²) >= 11 is 0. The van der Waals surface area contributed by atoms with Gasteiger partial charge in [-0.15, -0.1) is 0 Å². The van der Waals surface area contributed by atoms with Crippen LogP contribution in [-0.2, 0) is 4.74 Å². The van der Waals surface area contributed by atoms with Crippen LogP contribution in [-0.4, -0.2) is 37.5 Å². The number of methoxy groups -OCH3 is 1. The topological polar surface area (TPSA) is 51.3 Å². The fraction of sp³-hybridized carbons (Fsp3) is 0.357. The Balaban J connectivity index is 2.10. The van der Waals surface area contributed by atoms with Crippen molar-refractivity contribution < 1.29 is 23.0 Å². The third-order valence-corrected chi connectivity index (χ3v) is 2.91. The van der Waals surface area contributed by atoms with E-state index in [9.17, 15) is 13.6 Å². The molecule has 0 bridgehead atoms. The second kappa shape index (κ2) is 6.47. The number of ketones is 1. The van der Waals surface area contributed by atoms with Gasteiger partial charge in [-0.05, 0) is 12.1 Å². The van der Waals surface area contributed by atoms with Crippen molar-refractivity contribution in [3.63, 3.8) is 0 Å². The summed E-state index contributed by atoms with van der Waals surface area (Å²) in [6, 6.07) is 5.42. The van der Waals surface area contributed by atoms with E-state index in [1.807, 2.05) is 12.1 Å². The molecule has 2 rings (SSSR count). The molecule has 0 spiro atoms. The summed E-state index contributed by atoms with van der Waals surface area (Å²) in [5, 5.41) is 0.703. The van der Waals surface area contributed by atoms with Crippen LogP contribution in [0.3, 0.4) is 0 Å². The van der Waals surface area contributed by atoms with Crippen molar-refractivity contribution in [2.75, 3.05) is 20.3 Å². The summed E-state index contributed by atoms with van der Waals surface area (Å²) in [7, 11) is 1.53. The number of aromatic nitrogens is 1. The molecule has 2 aromatic rings. The first-order valence-electron chi connectivity index (χ1n) is 6.16. The lowest BCUT2D eigenvalue weighted by Gasteiger charge is -2.05. The van der Waals surface area contributed by atoms with E-state index in [0.29, 0.717) is 16.7 Å². The largest absolute Gasteiger partial charge is 0.496 e. The standard InChI is InChI=1S/C14H15F2NO3/c1-19-12-4-2-3-10-14(12)9(7-17-10)11(18)5-6-20-8-13(15)16/h2-4,7,13,17H,5-6,8H2,1H3. The maximum absolute atomic E-state index is 12.1. The number of carbonyl (C=O) groups excluding carboxylic acids is 1. The van der Waals surface area contributed by atoms with E-state index in [2.05, 4.69) is 4.98 Å². The van der Waals surface area contributed by atoms with Gasteiger partial charge in [-0.3, -0.25) is 4.79 Å². The molecule has 0 aliphatic heterocycles. The van der Waals surface area contributed by atoms with E-state index < -0.39 is 13.0 Å². The fourth-order valence-electron chi connectivity index (χ4n) is 2.01. The molecule has 1 heterocycles. The van der Waals surface area contributed by atoms with Crippen molar-refractivity contribution in [2.24, 2.45) is 0 Å². The lowest BCUT2D eigenvalue weighted by molar-refractivity contribution is 0.0170. The Morgan fingerprint density at radius 1 is 1.40 bits per heavy atom. The molecular weight excluding hydrogens is 268 g/mol. The Bertz CT molecular complexity index is 595. The highest BCUT2D eigenvalue weighted by molar-refractivity contribution is 6.10. The number of rotatable bonds is 7. The molecule has 0 unspecified atom stereocenters. The van der Waals surface area contributed by atoms with Gasteiger partial charge < -0.3 is 14.5 Å². The number of ether oxygens (including phenoxy) is 2. The molecule has 0 atom stereocenters. The summed E-state index contributed by atoms with van der Waals surface area (Å²) in [6.07, 6.45) is -0.862. The number of nitrogens with one attached hydrogen (secondary N) is 1. The Labute approximate surface area is 114 Å². The second-order valence-electron chi connectivity index (χ2n) is 4.22. The van der Waals surface area contributed by atoms with Crippen LogP contribution in [0.1, 0.15) is 16.8 Å². The van der Waals surface area contributed by atoms with Gasteiger partial charge in [0, 0.05) is 23.7 Å². The first-order chi connectivity index (χ1) is 9.63. The van der Waals surface area contributed by atoms with Gasteiger partial charge in [0.05, 0.1) is 19.1 Å². The molecule has 108 valence electrons. The molecule has 1 aromatic carbocycles. The smallest absolute Gasteiger partial charge is 0.261 e. The summed E-state index contributed by atoms with van der Waals surface area (Å²) in [5.41, 5.74) is 1.28. The number of benzene rings is 1. The number of carbonyl (C=O) groups is 1. The Morgan fingerprint density at radius 3 is 2.90 bits per heavy atom. The van der Waals surface area contributed by atoms with Crippen LogP contribution >= 0.6 is 0 Å². The number of hydrogen-bond acceptors (Lipinski definition) is 3. The molecule has 4 nitrogen and oxygen atoms in total. The van der Waals surface area contributed by atoms with Crippen LogP contribution in [0.5, 0.6) is 5.75 Å². The molecule has 0 radical (unpaired) electrons. The normalized spacial score (nSPS) is 11.2. The zero-order valence-electron chi connectivity index (χ0n) is 11.0. The van der Waals surface area contributed by atoms with Gasteiger partial charge in [0.25, 0.3) is 6.43 Å². The summed E-state index contributed by atoms with van der Waals surface area (Å²) in [4.78, 5) is 15.1. The van der Waals surface area contributed by atoms with Crippen LogP contribution in [0.4, 0.5) is 8.78 Å². The van der Waals surface area contributed by atoms with Crippen molar-refractivity contribution in [3.05, 3.63) is 30.0 Å². The van der Waals surface area contributed by atoms with E-state index >= 15 is 0 Å². The molecule has 0 aliphatic rings. The molecule has 1 N–H and O–H groups in total. The lowest BCUT2D eigenvalue weighted by Crippen LogP contribution is -2.09. The van der Waals surface area contributed by atoms with Gasteiger partial charge in [-0.25, -0.2) is 8.78 Å². The number of halogens is 2. The number of aromatic amines is 1. The molecular formula is C14H15F2NO3. The minimum absolute atomic E-state index is 0.0228. The number of fused-ring (bicyclic) bond motifs is 1. The number of H-pyrrole nitrogens is 1. The van der Waals surface area contributed by atoms with Crippen LogP contribution < -0.4 is 4.74 Å². The maximum Gasteiger partial charge on any atom is 0.261 e. The van der Waals surface area contributed by atoms with Gasteiger partial charge in [-0.1, -0.05) is 6.07 Å². The van der Waals surface area contributed by atoms with Crippen LogP contribution in [0.25, 0.3) is 10.9 Å². The quantitative estimate of drug-likeness (QED) is 0.627. The lowest BCUT2D eigenvalue weighted by atomic mass is 10.1. The van der Waals surface area contributed by atoms with E-state index in [1.165, 1.54) is 7.11 Å². The van der Waals surface area contributed by atoms with Gasteiger partial charge >= 0.3 is 0 Å². The molecule has 0 fully saturated rings.